The van der Waals surface area contributed by atoms with Crippen LogP contribution in [0, 0.1) is 27.9 Å². The number of carbonyl (C=O) groups is 1. The summed E-state index contributed by atoms with van der Waals surface area (Å²) in [5.41, 5.74) is 3.87. The van der Waals surface area contributed by atoms with Crippen molar-refractivity contribution in [3.8, 4) is 11.5 Å². The van der Waals surface area contributed by atoms with Crippen molar-refractivity contribution in [2.75, 3.05) is 26.4 Å². The fraction of sp³-hybridized carbons (Fsp3) is 0.388. The molecule has 1 aliphatic heterocycles. The van der Waals surface area contributed by atoms with Gasteiger partial charge in [-0.05, 0) is 108 Å². The third-order valence-corrected chi connectivity index (χ3v) is 12.4. The first-order valence-electron chi connectivity index (χ1n) is 21.3. The number of nitro groups is 1. The molecule has 2 aliphatic carbocycles. The van der Waals surface area contributed by atoms with Crippen LogP contribution in [0.5, 0.6) is 11.5 Å². The van der Waals surface area contributed by atoms with Crippen molar-refractivity contribution >= 4 is 34.2 Å². The Labute approximate surface area is 356 Å². The summed E-state index contributed by atoms with van der Waals surface area (Å²) in [6, 6.07) is 24.4. The second-order valence-electron chi connectivity index (χ2n) is 16.0. The quantitative estimate of drug-likeness (QED) is 0.0275. The third-order valence-electron chi connectivity index (χ3n) is 12.4. The van der Waals surface area contributed by atoms with Gasteiger partial charge in [0.1, 0.15) is 24.1 Å². The van der Waals surface area contributed by atoms with Gasteiger partial charge >= 0.3 is 0 Å². The Morgan fingerprint density at radius 3 is 2.51 bits per heavy atom. The molecule has 0 bridgehead atoms. The summed E-state index contributed by atoms with van der Waals surface area (Å²) in [6.45, 7) is 6.63. The first-order chi connectivity index (χ1) is 29.7. The molecule has 0 spiro atoms. The van der Waals surface area contributed by atoms with Crippen molar-refractivity contribution in [3.05, 3.63) is 142 Å². The number of aliphatic hydroxyl groups excluding tert-OH is 2. The van der Waals surface area contributed by atoms with Gasteiger partial charge in [-0.2, -0.15) is 0 Å². The minimum Gasteiger partial charge on any atom is -0.508 e. The number of oxime groups is 1. The monoisotopic (exact) mass is 829 g/mol. The third kappa shape index (κ3) is 9.12. The zero-order valence-corrected chi connectivity index (χ0v) is 34.6. The Hall–Kier alpha value is -5.82. The van der Waals surface area contributed by atoms with Gasteiger partial charge < -0.3 is 34.5 Å². The van der Waals surface area contributed by atoms with E-state index >= 15 is 4.79 Å². The van der Waals surface area contributed by atoms with Gasteiger partial charge in [0.2, 0.25) is 11.7 Å². The standard InChI is InChI=1S/C49H55N3O9/c1-3-28-59-49-45(51(32-36-15-11-14-34-12-5-6-16-39(34)36)46(56)25-20-33-18-21-37(22-19-33)52(57)58)31-43(50-60-4-2)41-29-35(13-7-9-26-53)40(17-8-10-27-54)47(48(41)49)42-30-38(55)23-24-44(42)61-49/h3,5-6,11-12,14-16,18-25,29-30,35,40,45,47-48,53-55H,1,4,7-10,13,17,26-28,31-32H2,2H3. The number of unbranched alkanes of at least 4 members (excludes halogenated alkanes) is 2. The predicted molar refractivity (Wildman–Crippen MR) is 235 cm³/mol. The van der Waals surface area contributed by atoms with Crippen LogP contribution in [0.2, 0.25) is 0 Å². The van der Waals surface area contributed by atoms with Crippen molar-refractivity contribution < 1.29 is 39.3 Å². The van der Waals surface area contributed by atoms with Crippen LogP contribution in [0.15, 0.2) is 120 Å². The molecule has 0 saturated heterocycles. The van der Waals surface area contributed by atoms with Crippen LogP contribution in [0.25, 0.3) is 16.8 Å². The maximum absolute atomic E-state index is 15.2. The molecule has 4 aromatic carbocycles. The summed E-state index contributed by atoms with van der Waals surface area (Å²) in [4.78, 5) is 33.7. The lowest BCUT2D eigenvalue weighted by Crippen LogP contribution is -2.70. The lowest BCUT2D eigenvalue weighted by molar-refractivity contribution is -0.384. The number of non-ortho nitro benzene ring substituents is 1. The number of carbonyl (C=O) groups excluding carboxylic acids is 1. The molecule has 61 heavy (non-hydrogen) atoms. The van der Waals surface area contributed by atoms with E-state index in [-0.39, 0.29) is 67.9 Å². The van der Waals surface area contributed by atoms with E-state index in [0.29, 0.717) is 36.5 Å². The van der Waals surface area contributed by atoms with E-state index in [2.05, 4.69) is 12.7 Å². The van der Waals surface area contributed by atoms with Crippen LogP contribution in [0.3, 0.4) is 0 Å². The first-order valence-corrected chi connectivity index (χ1v) is 21.3. The smallest absolute Gasteiger partial charge is 0.269 e. The number of nitro benzene ring substituents is 1. The van der Waals surface area contributed by atoms with Crippen molar-refractivity contribution in [2.45, 2.75) is 76.2 Å². The minimum atomic E-state index is -1.49. The number of hydrogen-bond acceptors (Lipinski definition) is 10. The summed E-state index contributed by atoms with van der Waals surface area (Å²) >= 11 is 0. The predicted octanol–water partition coefficient (Wildman–Crippen LogP) is 8.85. The van der Waals surface area contributed by atoms with Crippen molar-refractivity contribution in [1.29, 1.82) is 0 Å². The lowest BCUT2D eigenvalue weighted by Gasteiger charge is -2.60. The highest BCUT2D eigenvalue weighted by molar-refractivity contribution is 6.03. The van der Waals surface area contributed by atoms with E-state index in [1.54, 1.807) is 47.4 Å². The number of fused-ring (bicyclic) bond motifs is 3. The maximum Gasteiger partial charge on any atom is 0.269 e. The topological polar surface area (TPSA) is 164 Å². The van der Waals surface area contributed by atoms with Crippen LogP contribution in [0.1, 0.15) is 74.5 Å². The van der Waals surface area contributed by atoms with E-state index in [9.17, 15) is 25.4 Å². The molecular formula is C49H55N3O9. The molecule has 1 amide bonds. The Morgan fingerprint density at radius 1 is 1.02 bits per heavy atom. The second kappa shape index (κ2) is 19.7. The molecule has 1 fully saturated rings. The fourth-order valence-corrected chi connectivity index (χ4v) is 9.73. The average molecular weight is 830 g/mol. The SMILES string of the molecule is C=CCOC12Oc3ccc(O)cc3C3C(CCCCO)C(CCCCO)C=C(C(=NOCC)CC1N(Cc1cccc4ccccc14)C(=O)C=Cc1ccc([N+](=O)[O-])cc1)C32. The summed E-state index contributed by atoms with van der Waals surface area (Å²) in [7, 11) is 0. The van der Waals surface area contributed by atoms with Crippen LogP contribution in [0.4, 0.5) is 5.69 Å². The fourth-order valence-electron chi connectivity index (χ4n) is 9.73. The molecule has 4 aromatic rings. The normalized spacial score (nSPS) is 23.5. The molecule has 1 heterocycles. The zero-order valence-electron chi connectivity index (χ0n) is 34.6. The van der Waals surface area contributed by atoms with E-state index in [4.69, 9.17) is 19.5 Å². The van der Waals surface area contributed by atoms with Crippen LogP contribution in [-0.2, 0) is 20.9 Å². The number of amides is 1. The molecule has 3 N–H and O–H groups in total. The van der Waals surface area contributed by atoms with Crippen molar-refractivity contribution in [2.24, 2.45) is 22.9 Å². The number of benzene rings is 4. The summed E-state index contributed by atoms with van der Waals surface area (Å²) in [5.74, 6) is -1.95. The van der Waals surface area contributed by atoms with Gasteiger partial charge in [0.05, 0.1) is 23.2 Å². The Morgan fingerprint density at radius 2 is 1.77 bits per heavy atom. The maximum atomic E-state index is 15.2. The summed E-state index contributed by atoms with van der Waals surface area (Å²) in [5, 5.41) is 48.9. The average Bonchev–Trinajstić information content (AvgIpc) is 3.27. The Balaban J connectivity index is 1.45. The van der Waals surface area contributed by atoms with Crippen LogP contribution >= 0.6 is 0 Å². The molecule has 320 valence electrons. The molecule has 6 unspecified atom stereocenters. The molecule has 0 radical (unpaired) electrons. The molecule has 0 aromatic heterocycles. The highest BCUT2D eigenvalue weighted by Crippen LogP contribution is 2.62. The highest BCUT2D eigenvalue weighted by atomic mass is 16.7. The van der Waals surface area contributed by atoms with E-state index in [1.165, 1.54) is 18.2 Å². The van der Waals surface area contributed by atoms with Gasteiger partial charge in [0.15, 0.2) is 0 Å². The number of nitrogens with zero attached hydrogens (tertiary/aromatic N) is 3. The van der Waals surface area contributed by atoms with Gasteiger partial charge in [0, 0.05) is 55.9 Å². The van der Waals surface area contributed by atoms with Gasteiger partial charge in [-0.1, -0.05) is 72.6 Å². The molecule has 1 saturated carbocycles. The van der Waals surface area contributed by atoms with Gasteiger partial charge in [-0.25, -0.2) is 0 Å². The van der Waals surface area contributed by atoms with Gasteiger partial charge in [0.25, 0.3) is 5.69 Å². The largest absolute Gasteiger partial charge is 0.508 e. The van der Waals surface area contributed by atoms with Crippen LogP contribution < -0.4 is 4.74 Å². The number of hydrogen-bond donors (Lipinski definition) is 3. The van der Waals surface area contributed by atoms with Crippen LogP contribution in [-0.4, -0.2) is 75.0 Å². The van der Waals surface area contributed by atoms with Gasteiger partial charge in [-0.3, -0.25) is 14.9 Å². The van der Waals surface area contributed by atoms with E-state index in [0.717, 1.165) is 53.2 Å². The molecule has 7 rings (SSSR count). The van der Waals surface area contributed by atoms with E-state index < -0.39 is 22.7 Å². The Bertz CT molecular complexity index is 2280. The van der Waals surface area contributed by atoms with Crippen molar-refractivity contribution in [1.82, 2.24) is 4.90 Å². The number of phenols is 1. The number of allylic oxidation sites excluding steroid dienone is 1. The summed E-state index contributed by atoms with van der Waals surface area (Å²) in [6.07, 6.45) is 11.7. The first kappa shape index (κ1) is 43.3. The van der Waals surface area contributed by atoms with Gasteiger partial charge in [-0.15, -0.1) is 6.58 Å². The molecular weight excluding hydrogens is 775 g/mol. The number of rotatable bonds is 19. The minimum absolute atomic E-state index is 0.00601. The highest BCUT2D eigenvalue weighted by Gasteiger charge is 2.65. The van der Waals surface area contributed by atoms with E-state index in [1.807, 2.05) is 49.4 Å². The molecule has 12 heteroatoms. The molecule has 3 aliphatic rings. The summed E-state index contributed by atoms with van der Waals surface area (Å²) < 4.78 is 14.4. The molecule has 12 nitrogen and oxygen atoms in total. The Kier molecular flexibility index (Phi) is 14.0. The number of phenolic OH excluding ortho intramolecular Hbond substituents is 1. The van der Waals surface area contributed by atoms with Crippen molar-refractivity contribution in [3.63, 3.8) is 0 Å². The second-order valence-corrected chi connectivity index (χ2v) is 16.0. The number of aromatic hydroxyl groups is 1. The number of ether oxygens (including phenoxy) is 2. The molecule has 6 atom stereocenters. The zero-order chi connectivity index (χ0) is 42.9. The number of aliphatic hydroxyl groups is 2. The lowest BCUT2D eigenvalue weighted by atomic mass is 9.55.